The van der Waals surface area contributed by atoms with E-state index < -0.39 is 0 Å². The lowest BCUT2D eigenvalue weighted by molar-refractivity contribution is -0.113. The highest BCUT2D eigenvalue weighted by Crippen LogP contribution is 2.30. The van der Waals surface area contributed by atoms with Gasteiger partial charge in [0.2, 0.25) is 5.91 Å². The van der Waals surface area contributed by atoms with Crippen LogP contribution in [-0.4, -0.2) is 23.3 Å². The Morgan fingerprint density at radius 3 is 2.83 bits per heavy atom. The molecule has 0 atom stereocenters. The number of thiazole rings is 1. The summed E-state index contributed by atoms with van der Waals surface area (Å²) >= 11 is 3.05. The Morgan fingerprint density at radius 1 is 1.22 bits per heavy atom. The molecule has 0 unspecified atom stereocenters. The summed E-state index contributed by atoms with van der Waals surface area (Å²) < 4.78 is 7.55. The zero-order valence-corrected chi connectivity index (χ0v) is 14.2. The zero-order valence-electron chi connectivity index (χ0n) is 12.6. The smallest absolute Gasteiger partial charge is 0.234 e. The lowest BCUT2D eigenvalue weighted by Crippen LogP contribution is -2.14. The van der Waals surface area contributed by atoms with Gasteiger partial charge in [-0.1, -0.05) is 36.0 Å². The van der Waals surface area contributed by atoms with Gasteiger partial charge in [-0.25, -0.2) is 4.98 Å². The number of amides is 1. The van der Waals surface area contributed by atoms with Crippen LogP contribution in [0.4, 0.5) is 5.69 Å². The van der Waals surface area contributed by atoms with Crippen molar-refractivity contribution in [3.8, 4) is 5.75 Å². The van der Waals surface area contributed by atoms with Gasteiger partial charge in [0, 0.05) is 0 Å². The Hall–Kier alpha value is -2.05. The predicted octanol–water partition coefficient (Wildman–Crippen LogP) is 4.43. The Kier molecular flexibility index (Phi) is 5.15. The highest BCUT2D eigenvalue weighted by molar-refractivity contribution is 8.01. The second-order valence-corrected chi connectivity index (χ2v) is 6.97. The van der Waals surface area contributed by atoms with Crippen molar-refractivity contribution < 1.29 is 9.53 Å². The number of benzene rings is 2. The van der Waals surface area contributed by atoms with E-state index in [9.17, 15) is 4.79 Å². The third-order valence-corrected chi connectivity index (χ3v) is 5.24. The topological polar surface area (TPSA) is 51.2 Å². The Bertz CT molecular complexity index is 784. The van der Waals surface area contributed by atoms with E-state index in [1.54, 1.807) is 11.3 Å². The van der Waals surface area contributed by atoms with Gasteiger partial charge >= 0.3 is 0 Å². The second-order valence-electron chi connectivity index (χ2n) is 4.71. The van der Waals surface area contributed by atoms with E-state index in [1.165, 1.54) is 11.8 Å². The summed E-state index contributed by atoms with van der Waals surface area (Å²) in [6.45, 7) is 2.48. The highest BCUT2D eigenvalue weighted by Gasteiger charge is 2.10. The predicted molar refractivity (Wildman–Crippen MR) is 96.6 cm³/mol. The van der Waals surface area contributed by atoms with E-state index in [1.807, 2.05) is 55.5 Å². The number of fused-ring (bicyclic) bond motifs is 1. The Morgan fingerprint density at radius 2 is 2.00 bits per heavy atom. The number of carbonyl (C=O) groups excluding carboxylic acids is 1. The molecule has 3 aromatic rings. The van der Waals surface area contributed by atoms with Gasteiger partial charge in [0.1, 0.15) is 5.75 Å². The van der Waals surface area contributed by atoms with Crippen molar-refractivity contribution in [3.63, 3.8) is 0 Å². The van der Waals surface area contributed by atoms with Crippen molar-refractivity contribution in [2.75, 3.05) is 17.7 Å². The molecule has 0 fully saturated rings. The van der Waals surface area contributed by atoms with Crippen LogP contribution in [-0.2, 0) is 4.79 Å². The Labute approximate surface area is 142 Å². The number of hydrogen-bond donors (Lipinski definition) is 1. The number of aromatic nitrogens is 1. The average Bonchev–Trinajstić information content (AvgIpc) is 2.98. The molecule has 0 saturated heterocycles. The van der Waals surface area contributed by atoms with Gasteiger partial charge in [0.25, 0.3) is 0 Å². The first-order valence-electron chi connectivity index (χ1n) is 7.26. The van der Waals surface area contributed by atoms with Crippen molar-refractivity contribution in [2.24, 2.45) is 0 Å². The van der Waals surface area contributed by atoms with Gasteiger partial charge in [-0.05, 0) is 31.2 Å². The molecule has 1 N–H and O–H groups in total. The third-order valence-electron chi connectivity index (χ3n) is 3.06. The number of nitrogens with zero attached hydrogens (tertiary/aromatic N) is 1. The number of carbonyl (C=O) groups is 1. The van der Waals surface area contributed by atoms with E-state index in [-0.39, 0.29) is 5.91 Å². The summed E-state index contributed by atoms with van der Waals surface area (Å²) in [6.07, 6.45) is 0. The number of thioether (sulfide) groups is 1. The van der Waals surface area contributed by atoms with Crippen LogP contribution < -0.4 is 10.1 Å². The summed E-state index contributed by atoms with van der Waals surface area (Å²) in [7, 11) is 0. The van der Waals surface area contributed by atoms with Crippen LogP contribution in [0, 0.1) is 0 Å². The molecule has 0 spiro atoms. The molecule has 1 heterocycles. The molecule has 1 aromatic heterocycles. The lowest BCUT2D eigenvalue weighted by atomic mass is 10.3. The summed E-state index contributed by atoms with van der Waals surface area (Å²) in [5.41, 5.74) is 1.67. The van der Waals surface area contributed by atoms with Gasteiger partial charge in [0.05, 0.1) is 28.3 Å². The quantitative estimate of drug-likeness (QED) is 0.672. The maximum atomic E-state index is 12.1. The summed E-state index contributed by atoms with van der Waals surface area (Å²) in [5.74, 6) is 0.940. The van der Waals surface area contributed by atoms with E-state index >= 15 is 0 Å². The van der Waals surface area contributed by atoms with Crippen LogP contribution in [0.2, 0.25) is 0 Å². The molecular formula is C17H16N2O2S2. The fourth-order valence-electron chi connectivity index (χ4n) is 2.08. The summed E-state index contributed by atoms with van der Waals surface area (Å²) in [4.78, 5) is 16.7. The maximum Gasteiger partial charge on any atom is 0.234 e. The van der Waals surface area contributed by atoms with Gasteiger partial charge in [-0.3, -0.25) is 4.79 Å². The Balaban J connectivity index is 1.61. The molecule has 0 saturated carbocycles. The molecule has 118 valence electrons. The zero-order chi connectivity index (χ0) is 16.1. The molecular weight excluding hydrogens is 328 g/mol. The monoisotopic (exact) mass is 344 g/mol. The van der Waals surface area contributed by atoms with E-state index in [0.717, 1.165) is 14.6 Å². The normalized spacial score (nSPS) is 10.7. The molecule has 0 radical (unpaired) electrons. The second kappa shape index (κ2) is 7.48. The maximum absolute atomic E-state index is 12.1. The summed E-state index contributed by atoms with van der Waals surface area (Å²) in [6, 6.07) is 15.4. The number of hydrogen-bond acceptors (Lipinski definition) is 5. The number of anilines is 1. The molecule has 6 heteroatoms. The molecule has 0 aliphatic heterocycles. The summed E-state index contributed by atoms with van der Waals surface area (Å²) in [5, 5.41) is 2.89. The fourth-order valence-corrected chi connectivity index (χ4v) is 3.95. The number of ether oxygens (including phenoxy) is 1. The molecule has 4 nitrogen and oxygen atoms in total. The minimum Gasteiger partial charge on any atom is -0.492 e. The van der Waals surface area contributed by atoms with Crippen molar-refractivity contribution >= 4 is 44.9 Å². The number of para-hydroxylation sites is 3. The van der Waals surface area contributed by atoms with Crippen LogP contribution >= 0.6 is 23.1 Å². The standard InChI is InChI=1S/C17H16N2O2S2/c1-2-21-14-9-5-3-7-12(14)18-16(20)11-22-17-19-13-8-4-6-10-15(13)23-17/h3-10H,2,11H2,1H3,(H,18,20). The largest absolute Gasteiger partial charge is 0.492 e. The van der Waals surface area contributed by atoms with Crippen LogP contribution in [0.15, 0.2) is 52.9 Å². The van der Waals surface area contributed by atoms with E-state index in [4.69, 9.17) is 4.74 Å². The van der Waals surface area contributed by atoms with Gasteiger partial charge in [0.15, 0.2) is 4.34 Å². The molecule has 23 heavy (non-hydrogen) atoms. The molecule has 3 rings (SSSR count). The van der Waals surface area contributed by atoms with E-state index in [0.29, 0.717) is 23.8 Å². The van der Waals surface area contributed by atoms with Crippen LogP contribution in [0.5, 0.6) is 5.75 Å². The van der Waals surface area contributed by atoms with Crippen LogP contribution in [0.25, 0.3) is 10.2 Å². The average molecular weight is 344 g/mol. The molecule has 1 amide bonds. The third kappa shape index (κ3) is 4.03. The lowest BCUT2D eigenvalue weighted by Gasteiger charge is -2.10. The van der Waals surface area contributed by atoms with Crippen LogP contribution in [0.3, 0.4) is 0 Å². The van der Waals surface area contributed by atoms with Crippen LogP contribution in [0.1, 0.15) is 6.92 Å². The first-order valence-corrected chi connectivity index (χ1v) is 9.06. The molecule has 2 aromatic carbocycles. The number of nitrogens with one attached hydrogen (secondary N) is 1. The van der Waals surface area contributed by atoms with Crippen molar-refractivity contribution in [1.29, 1.82) is 0 Å². The minimum atomic E-state index is -0.0681. The van der Waals surface area contributed by atoms with Crippen molar-refractivity contribution in [2.45, 2.75) is 11.3 Å². The van der Waals surface area contributed by atoms with Gasteiger partial charge in [-0.2, -0.15) is 0 Å². The van der Waals surface area contributed by atoms with E-state index in [2.05, 4.69) is 10.3 Å². The highest BCUT2D eigenvalue weighted by atomic mass is 32.2. The van der Waals surface area contributed by atoms with Crippen molar-refractivity contribution in [3.05, 3.63) is 48.5 Å². The van der Waals surface area contributed by atoms with Gasteiger partial charge < -0.3 is 10.1 Å². The molecule has 0 aliphatic rings. The molecule has 0 bridgehead atoms. The fraction of sp³-hybridized carbons (Fsp3) is 0.176. The van der Waals surface area contributed by atoms with Gasteiger partial charge in [-0.15, -0.1) is 11.3 Å². The molecule has 0 aliphatic carbocycles. The number of rotatable bonds is 6. The first-order chi connectivity index (χ1) is 11.3. The minimum absolute atomic E-state index is 0.0681. The first kappa shape index (κ1) is 15.8. The van der Waals surface area contributed by atoms with Crippen molar-refractivity contribution in [1.82, 2.24) is 4.98 Å². The SMILES string of the molecule is CCOc1ccccc1NC(=O)CSc1nc2ccccc2s1.